The number of rotatable bonds is 2. The molecule has 0 bridgehead atoms. The second-order valence-electron chi connectivity index (χ2n) is 4.63. The second-order valence-corrected chi connectivity index (χ2v) is 6.55. The zero-order chi connectivity index (χ0) is 14.1. The van der Waals surface area contributed by atoms with Gasteiger partial charge in [-0.15, -0.1) is 11.8 Å². The summed E-state index contributed by atoms with van der Waals surface area (Å²) in [5.74, 6) is 0.714. The molecular weight excluding hydrogens is 336 g/mol. The van der Waals surface area contributed by atoms with Crippen LogP contribution >= 0.6 is 27.7 Å². The van der Waals surface area contributed by atoms with Gasteiger partial charge in [-0.3, -0.25) is 4.79 Å². The Kier molecular flexibility index (Phi) is 3.72. The molecule has 0 aromatic heterocycles. The molecule has 2 aromatic rings. The van der Waals surface area contributed by atoms with E-state index in [0.29, 0.717) is 5.69 Å². The Morgan fingerprint density at radius 1 is 1.30 bits per heavy atom. The van der Waals surface area contributed by atoms with Crippen LogP contribution in [0.1, 0.15) is 11.5 Å². The Morgan fingerprint density at radius 2 is 2.10 bits per heavy atom. The highest BCUT2D eigenvalue weighted by molar-refractivity contribution is 9.10. The zero-order valence-corrected chi connectivity index (χ0v) is 13.0. The molecule has 0 fully saturated rings. The number of carbonyl (C=O) groups excluding carboxylic acids is 1. The maximum atomic E-state index is 12.4. The van der Waals surface area contributed by atoms with Gasteiger partial charge in [-0.25, -0.2) is 0 Å². The van der Waals surface area contributed by atoms with E-state index in [0.717, 1.165) is 21.5 Å². The third-order valence-electron chi connectivity index (χ3n) is 3.27. The molecule has 1 aliphatic heterocycles. The highest BCUT2D eigenvalue weighted by atomic mass is 79.9. The number of hydrogen-bond donors (Lipinski definition) is 2. The number of nitrogen functional groups attached to an aromatic ring is 1. The molecule has 3 rings (SSSR count). The summed E-state index contributed by atoms with van der Waals surface area (Å²) in [5, 5.41) is 2.97. The van der Waals surface area contributed by atoms with Crippen LogP contribution in [0.3, 0.4) is 0 Å². The highest BCUT2D eigenvalue weighted by Gasteiger charge is 2.29. The molecule has 20 heavy (non-hydrogen) atoms. The molecule has 1 heterocycles. The minimum Gasteiger partial charge on any atom is -0.399 e. The maximum Gasteiger partial charge on any atom is 0.232 e. The third-order valence-corrected chi connectivity index (χ3v) is 5.11. The second kappa shape index (κ2) is 5.50. The van der Waals surface area contributed by atoms with Gasteiger partial charge in [0.1, 0.15) is 0 Å². The summed E-state index contributed by atoms with van der Waals surface area (Å²) >= 11 is 5.14. The molecule has 1 aliphatic rings. The summed E-state index contributed by atoms with van der Waals surface area (Å²) in [5.41, 5.74) is 8.22. The molecule has 1 unspecified atom stereocenters. The molecule has 0 spiro atoms. The van der Waals surface area contributed by atoms with Crippen LogP contribution < -0.4 is 11.1 Å². The number of fused-ring (bicyclic) bond motifs is 1. The Labute approximate surface area is 130 Å². The van der Waals surface area contributed by atoms with Crippen molar-refractivity contribution in [3.63, 3.8) is 0 Å². The summed E-state index contributed by atoms with van der Waals surface area (Å²) in [6, 6.07) is 13.4. The van der Waals surface area contributed by atoms with E-state index in [1.165, 1.54) is 4.90 Å². The number of thioether (sulfide) groups is 1. The quantitative estimate of drug-likeness (QED) is 0.810. The van der Waals surface area contributed by atoms with Gasteiger partial charge in [0.25, 0.3) is 0 Å². The van der Waals surface area contributed by atoms with Crippen LogP contribution in [-0.2, 0) is 4.79 Å². The summed E-state index contributed by atoms with van der Waals surface area (Å²) in [7, 11) is 0. The van der Waals surface area contributed by atoms with Crippen molar-refractivity contribution in [3.8, 4) is 0 Å². The lowest BCUT2D eigenvalue weighted by Gasteiger charge is -2.13. The molecule has 2 aromatic carbocycles. The van der Waals surface area contributed by atoms with E-state index in [9.17, 15) is 4.79 Å². The first-order valence-electron chi connectivity index (χ1n) is 6.23. The van der Waals surface area contributed by atoms with E-state index in [1.807, 2.05) is 24.3 Å². The summed E-state index contributed by atoms with van der Waals surface area (Å²) in [6.45, 7) is 0. The third kappa shape index (κ3) is 2.55. The first kappa shape index (κ1) is 13.5. The Bertz CT molecular complexity index is 675. The van der Waals surface area contributed by atoms with Crippen LogP contribution in [0, 0.1) is 0 Å². The van der Waals surface area contributed by atoms with Crippen LogP contribution in [0.15, 0.2) is 51.8 Å². The van der Waals surface area contributed by atoms with Gasteiger partial charge in [-0.2, -0.15) is 0 Å². The molecule has 1 atom stereocenters. The van der Waals surface area contributed by atoms with Crippen molar-refractivity contribution >= 4 is 45.0 Å². The van der Waals surface area contributed by atoms with Gasteiger partial charge in [0.2, 0.25) is 5.91 Å². The zero-order valence-electron chi connectivity index (χ0n) is 10.6. The number of halogens is 1. The Morgan fingerprint density at radius 3 is 2.90 bits per heavy atom. The highest BCUT2D eigenvalue weighted by Crippen LogP contribution is 2.40. The van der Waals surface area contributed by atoms with Gasteiger partial charge >= 0.3 is 0 Å². The van der Waals surface area contributed by atoms with Crippen molar-refractivity contribution in [1.82, 2.24) is 0 Å². The fraction of sp³-hybridized carbons (Fsp3) is 0.133. The number of nitrogens with two attached hydrogens (primary N) is 1. The molecule has 102 valence electrons. The lowest BCUT2D eigenvalue weighted by atomic mass is 10.0. The van der Waals surface area contributed by atoms with Gasteiger partial charge in [0.15, 0.2) is 0 Å². The SMILES string of the molecule is Nc1ccc(NC(=O)C2CSc3ccccc32)c(Br)c1. The van der Waals surface area contributed by atoms with Crippen molar-refractivity contribution in [1.29, 1.82) is 0 Å². The summed E-state index contributed by atoms with van der Waals surface area (Å²) < 4.78 is 0.796. The fourth-order valence-corrected chi connectivity index (χ4v) is 3.96. The van der Waals surface area contributed by atoms with Crippen molar-refractivity contribution < 1.29 is 4.79 Å². The van der Waals surface area contributed by atoms with Crippen molar-refractivity contribution in [2.24, 2.45) is 0 Å². The smallest absolute Gasteiger partial charge is 0.232 e. The summed E-state index contributed by atoms with van der Waals surface area (Å²) in [6.07, 6.45) is 0. The number of nitrogens with one attached hydrogen (secondary N) is 1. The molecule has 1 amide bonds. The lowest BCUT2D eigenvalue weighted by molar-refractivity contribution is -0.117. The van der Waals surface area contributed by atoms with Gasteiger partial charge in [0.05, 0.1) is 11.6 Å². The van der Waals surface area contributed by atoms with Crippen LogP contribution in [-0.4, -0.2) is 11.7 Å². The Balaban J connectivity index is 1.81. The average Bonchev–Trinajstić information content (AvgIpc) is 2.86. The monoisotopic (exact) mass is 348 g/mol. The van der Waals surface area contributed by atoms with Gasteiger partial charge in [-0.05, 0) is 45.8 Å². The fourth-order valence-electron chi connectivity index (χ4n) is 2.23. The van der Waals surface area contributed by atoms with Crippen molar-refractivity contribution in [3.05, 3.63) is 52.5 Å². The van der Waals surface area contributed by atoms with Crippen LogP contribution in [0.4, 0.5) is 11.4 Å². The number of benzene rings is 2. The van der Waals surface area contributed by atoms with Crippen LogP contribution in [0.5, 0.6) is 0 Å². The largest absolute Gasteiger partial charge is 0.399 e. The van der Waals surface area contributed by atoms with Gasteiger partial charge < -0.3 is 11.1 Å². The molecule has 3 nitrogen and oxygen atoms in total. The minimum atomic E-state index is -0.0966. The van der Waals surface area contributed by atoms with E-state index < -0.39 is 0 Å². The van der Waals surface area contributed by atoms with Crippen LogP contribution in [0.2, 0.25) is 0 Å². The van der Waals surface area contributed by atoms with E-state index in [2.05, 4.69) is 27.3 Å². The summed E-state index contributed by atoms with van der Waals surface area (Å²) in [4.78, 5) is 13.6. The van der Waals surface area contributed by atoms with Gasteiger partial charge in [-0.1, -0.05) is 18.2 Å². The van der Waals surface area contributed by atoms with E-state index in [1.54, 1.807) is 23.9 Å². The van der Waals surface area contributed by atoms with Gasteiger partial charge in [0, 0.05) is 20.8 Å². The first-order valence-corrected chi connectivity index (χ1v) is 8.00. The predicted molar refractivity (Wildman–Crippen MR) is 87.1 cm³/mol. The number of amides is 1. The lowest BCUT2D eigenvalue weighted by Crippen LogP contribution is -2.21. The van der Waals surface area contributed by atoms with Crippen molar-refractivity contribution in [2.75, 3.05) is 16.8 Å². The molecule has 0 saturated heterocycles. The molecule has 3 N–H and O–H groups in total. The number of carbonyl (C=O) groups is 1. The van der Waals surface area contributed by atoms with E-state index >= 15 is 0 Å². The van der Waals surface area contributed by atoms with Crippen LogP contribution in [0.25, 0.3) is 0 Å². The minimum absolute atomic E-state index is 0.0212. The number of anilines is 2. The van der Waals surface area contributed by atoms with E-state index in [-0.39, 0.29) is 11.8 Å². The standard InChI is InChI=1S/C15H13BrN2OS/c16-12-7-9(17)5-6-13(12)18-15(19)11-8-20-14-4-2-1-3-10(11)14/h1-7,11H,8,17H2,(H,18,19). The van der Waals surface area contributed by atoms with E-state index in [4.69, 9.17) is 5.73 Å². The predicted octanol–water partition coefficient (Wildman–Crippen LogP) is 3.86. The topological polar surface area (TPSA) is 55.1 Å². The maximum absolute atomic E-state index is 12.4. The first-order chi connectivity index (χ1) is 9.65. The molecule has 0 radical (unpaired) electrons. The normalized spacial score (nSPS) is 16.8. The molecule has 5 heteroatoms. The molecule has 0 saturated carbocycles. The molecular formula is C15H13BrN2OS. The molecule has 0 aliphatic carbocycles. The van der Waals surface area contributed by atoms with Crippen molar-refractivity contribution in [2.45, 2.75) is 10.8 Å². The number of hydrogen-bond acceptors (Lipinski definition) is 3. The average molecular weight is 349 g/mol. The Hall–Kier alpha value is -1.46.